The Morgan fingerprint density at radius 3 is 1.73 bits per heavy atom. The lowest BCUT2D eigenvalue weighted by molar-refractivity contribution is -0.144. The predicted octanol–water partition coefficient (Wildman–Crippen LogP) is 8.24. The molecule has 0 radical (unpaired) electrons. The van der Waals surface area contributed by atoms with Gasteiger partial charge in [-0.1, -0.05) is 118 Å². The zero-order chi connectivity index (χ0) is 19.6. The van der Waals surface area contributed by atoms with Gasteiger partial charge < -0.3 is 5.11 Å². The molecule has 0 heterocycles. The van der Waals surface area contributed by atoms with Crippen LogP contribution in [0.1, 0.15) is 130 Å². The van der Waals surface area contributed by atoms with Crippen LogP contribution in [0, 0.1) is 17.8 Å². The average Bonchev–Trinajstić information content (AvgIpc) is 2.62. The molecule has 0 aliphatic carbocycles. The zero-order valence-electron chi connectivity index (χ0n) is 18.4. The van der Waals surface area contributed by atoms with Gasteiger partial charge in [0, 0.05) is 0 Å². The van der Waals surface area contributed by atoms with Crippen LogP contribution < -0.4 is 0 Å². The van der Waals surface area contributed by atoms with Crippen molar-refractivity contribution < 1.29 is 9.90 Å². The van der Waals surface area contributed by atoms with E-state index in [4.69, 9.17) is 0 Å². The maximum atomic E-state index is 11.8. The highest BCUT2D eigenvalue weighted by Crippen LogP contribution is 2.30. The van der Waals surface area contributed by atoms with Crippen molar-refractivity contribution >= 4 is 5.97 Å². The molecule has 0 aromatic carbocycles. The van der Waals surface area contributed by atoms with Crippen LogP contribution in [-0.2, 0) is 4.79 Å². The molecule has 0 aromatic heterocycles. The number of hydrogen-bond acceptors (Lipinski definition) is 1. The van der Waals surface area contributed by atoms with Crippen molar-refractivity contribution in [3.05, 3.63) is 0 Å². The Hall–Kier alpha value is -0.530. The van der Waals surface area contributed by atoms with E-state index in [1.807, 2.05) is 0 Å². The van der Waals surface area contributed by atoms with Gasteiger partial charge in [-0.15, -0.1) is 0 Å². The van der Waals surface area contributed by atoms with Gasteiger partial charge in [0.1, 0.15) is 0 Å². The van der Waals surface area contributed by atoms with Crippen LogP contribution in [-0.4, -0.2) is 11.1 Å². The lowest BCUT2D eigenvalue weighted by atomic mass is 9.80. The summed E-state index contributed by atoms with van der Waals surface area (Å²) in [6.07, 6.45) is 20.0. The Balaban J connectivity index is 4.06. The molecule has 1 N–H and O–H groups in total. The van der Waals surface area contributed by atoms with Crippen molar-refractivity contribution in [2.75, 3.05) is 0 Å². The van der Waals surface area contributed by atoms with Gasteiger partial charge in [0.05, 0.1) is 5.92 Å². The van der Waals surface area contributed by atoms with E-state index in [1.165, 1.54) is 89.9 Å². The monoisotopic (exact) mass is 368 g/mol. The van der Waals surface area contributed by atoms with Crippen LogP contribution >= 0.6 is 0 Å². The van der Waals surface area contributed by atoms with Gasteiger partial charge in [0.25, 0.3) is 0 Å². The van der Waals surface area contributed by atoms with Crippen molar-refractivity contribution in [1.82, 2.24) is 0 Å². The average molecular weight is 369 g/mol. The third kappa shape index (κ3) is 13.6. The molecule has 0 spiro atoms. The molecule has 0 saturated heterocycles. The van der Waals surface area contributed by atoms with E-state index in [9.17, 15) is 9.90 Å². The summed E-state index contributed by atoms with van der Waals surface area (Å²) in [6, 6.07) is 0. The van der Waals surface area contributed by atoms with Gasteiger partial charge >= 0.3 is 5.97 Å². The van der Waals surface area contributed by atoms with Gasteiger partial charge in [-0.3, -0.25) is 4.79 Å². The molecule has 3 atom stereocenters. The molecule has 0 rings (SSSR count). The fraction of sp³-hybridized carbons (Fsp3) is 0.958. The van der Waals surface area contributed by atoms with E-state index in [0.29, 0.717) is 11.8 Å². The first-order valence-electron chi connectivity index (χ1n) is 11.8. The van der Waals surface area contributed by atoms with Gasteiger partial charge in [0.2, 0.25) is 0 Å². The summed E-state index contributed by atoms with van der Waals surface area (Å²) < 4.78 is 0. The maximum absolute atomic E-state index is 11.8. The molecule has 2 nitrogen and oxygen atoms in total. The van der Waals surface area contributed by atoms with E-state index < -0.39 is 5.97 Å². The van der Waals surface area contributed by atoms with Gasteiger partial charge in [-0.25, -0.2) is 0 Å². The fourth-order valence-corrected chi connectivity index (χ4v) is 4.19. The normalized spacial score (nSPS) is 14.9. The fourth-order valence-electron chi connectivity index (χ4n) is 4.19. The Labute approximate surface area is 164 Å². The lowest BCUT2D eigenvalue weighted by Crippen LogP contribution is -2.25. The molecule has 0 aromatic rings. The van der Waals surface area contributed by atoms with Crippen molar-refractivity contribution in [2.24, 2.45) is 17.8 Å². The van der Waals surface area contributed by atoms with Gasteiger partial charge in [-0.2, -0.15) is 0 Å². The summed E-state index contributed by atoms with van der Waals surface area (Å²) in [4.78, 5) is 11.8. The summed E-state index contributed by atoms with van der Waals surface area (Å²) in [5.74, 6) is 0.216. The Morgan fingerprint density at radius 2 is 1.23 bits per heavy atom. The molecule has 0 aliphatic heterocycles. The predicted molar refractivity (Wildman–Crippen MR) is 115 cm³/mol. The number of rotatable bonds is 19. The molecular weight excluding hydrogens is 320 g/mol. The highest BCUT2D eigenvalue weighted by molar-refractivity contribution is 5.70. The van der Waals surface area contributed by atoms with Crippen LogP contribution in [0.5, 0.6) is 0 Å². The molecule has 0 amide bonds. The lowest BCUT2D eigenvalue weighted by Gasteiger charge is -2.25. The van der Waals surface area contributed by atoms with E-state index in [2.05, 4.69) is 27.7 Å². The third-order valence-corrected chi connectivity index (χ3v) is 6.02. The molecule has 0 bridgehead atoms. The highest BCUT2D eigenvalue weighted by Gasteiger charge is 2.27. The van der Waals surface area contributed by atoms with Crippen LogP contribution in [0.15, 0.2) is 0 Å². The Morgan fingerprint density at radius 1 is 0.692 bits per heavy atom. The van der Waals surface area contributed by atoms with E-state index in [1.54, 1.807) is 0 Å². The number of carboxylic acid groups (broad SMARTS) is 1. The Kier molecular flexibility index (Phi) is 17.5. The largest absolute Gasteiger partial charge is 0.481 e. The summed E-state index contributed by atoms with van der Waals surface area (Å²) in [5.41, 5.74) is 0. The minimum atomic E-state index is -0.564. The van der Waals surface area contributed by atoms with Crippen molar-refractivity contribution in [3.63, 3.8) is 0 Å². The first kappa shape index (κ1) is 25.5. The Bertz CT molecular complexity index is 313. The molecule has 26 heavy (non-hydrogen) atoms. The molecule has 0 saturated carbocycles. The molecule has 0 aliphatic rings. The second-order valence-corrected chi connectivity index (χ2v) is 8.57. The van der Waals surface area contributed by atoms with Gasteiger partial charge in [0.15, 0.2) is 0 Å². The molecular formula is C24H48O2. The first-order chi connectivity index (χ1) is 12.6. The van der Waals surface area contributed by atoms with E-state index in [-0.39, 0.29) is 5.92 Å². The van der Waals surface area contributed by atoms with Crippen LogP contribution in [0.3, 0.4) is 0 Å². The number of unbranched alkanes of at least 4 members (excludes halogenated alkanes) is 9. The molecule has 0 fully saturated rings. The van der Waals surface area contributed by atoms with Crippen molar-refractivity contribution in [3.8, 4) is 0 Å². The molecule has 2 heteroatoms. The SMILES string of the molecule is CCCCCCCCCCCC(C)C(CC(CCC)CCCC)C(=O)O. The standard InChI is InChI=1S/C24H48O2/c1-5-8-10-11-12-13-14-15-16-18-21(4)23(24(25)26)20-22(17-7-3)19-9-6-2/h21-23H,5-20H2,1-4H3,(H,25,26). The molecule has 156 valence electrons. The summed E-state index contributed by atoms with van der Waals surface area (Å²) in [5, 5.41) is 9.73. The van der Waals surface area contributed by atoms with E-state index >= 15 is 0 Å². The number of hydrogen-bond donors (Lipinski definition) is 1. The number of carboxylic acids is 1. The first-order valence-corrected chi connectivity index (χ1v) is 11.8. The maximum Gasteiger partial charge on any atom is 0.306 e. The van der Waals surface area contributed by atoms with Crippen LogP contribution in [0.4, 0.5) is 0 Å². The van der Waals surface area contributed by atoms with Gasteiger partial charge in [-0.05, 0) is 24.7 Å². The van der Waals surface area contributed by atoms with E-state index in [0.717, 1.165) is 12.8 Å². The van der Waals surface area contributed by atoms with Crippen LogP contribution in [0.25, 0.3) is 0 Å². The topological polar surface area (TPSA) is 37.3 Å². The van der Waals surface area contributed by atoms with Crippen molar-refractivity contribution in [1.29, 1.82) is 0 Å². The smallest absolute Gasteiger partial charge is 0.306 e. The van der Waals surface area contributed by atoms with Crippen LogP contribution in [0.2, 0.25) is 0 Å². The minimum absolute atomic E-state index is 0.141. The highest BCUT2D eigenvalue weighted by atomic mass is 16.4. The second-order valence-electron chi connectivity index (χ2n) is 8.57. The summed E-state index contributed by atoms with van der Waals surface area (Å²) in [7, 11) is 0. The molecule has 3 unspecified atom stereocenters. The second kappa shape index (κ2) is 17.9. The van der Waals surface area contributed by atoms with Crippen molar-refractivity contribution in [2.45, 2.75) is 130 Å². The third-order valence-electron chi connectivity index (χ3n) is 6.02. The minimum Gasteiger partial charge on any atom is -0.481 e. The quantitative estimate of drug-likeness (QED) is 0.233. The number of carbonyl (C=O) groups is 1. The number of aliphatic carboxylic acids is 1. The summed E-state index contributed by atoms with van der Waals surface area (Å²) in [6.45, 7) is 8.89. The summed E-state index contributed by atoms with van der Waals surface area (Å²) >= 11 is 0. The zero-order valence-corrected chi connectivity index (χ0v) is 18.4.